The van der Waals surface area contributed by atoms with Gasteiger partial charge in [0.25, 0.3) is 0 Å². The Labute approximate surface area is 170 Å². The van der Waals surface area contributed by atoms with Gasteiger partial charge in [-0.25, -0.2) is 0 Å². The molecular weight excluding hydrogens is 353 g/mol. The number of unbranched alkanes of at least 4 members (excludes halogenated alkanes) is 3. The molecule has 0 spiro atoms. The van der Waals surface area contributed by atoms with E-state index in [-0.39, 0.29) is 18.0 Å². The maximum absolute atomic E-state index is 12.8. The first-order valence-corrected chi connectivity index (χ1v) is 11.3. The summed E-state index contributed by atoms with van der Waals surface area (Å²) in [6.07, 6.45) is 19.4. The van der Waals surface area contributed by atoms with Gasteiger partial charge in [-0.05, 0) is 69.3 Å². The molecule has 2 aliphatic rings. The van der Waals surface area contributed by atoms with Crippen LogP contribution in [0, 0.1) is 29.1 Å². The maximum Gasteiger partial charge on any atom is 0.309 e. The molecule has 156 valence electrons. The maximum atomic E-state index is 12.8. The zero-order valence-electron chi connectivity index (χ0n) is 17.4. The SMILES string of the molecule is CCCCCCC1CCC(C(=O)OC2CCC(C=CC=C(F)C#N)CC2)CC1. The van der Waals surface area contributed by atoms with Crippen molar-refractivity contribution in [3.8, 4) is 6.07 Å². The second-order valence-corrected chi connectivity index (χ2v) is 8.55. The van der Waals surface area contributed by atoms with Gasteiger partial charge in [-0.3, -0.25) is 4.79 Å². The number of nitriles is 1. The summed E-state index contributed by atoms with van der Waals surface area (Å²) in [5, 5.41) is 8.39. The number of hydrogen-bond donors (Lipinski definition) is 0. The molecule has 2 rings (SSSR count). The predicted molar refractivity (Wildman–Crippen MR) is 110 cm³/mol. The Morgan fingerprint density at radius 3 is 2.43 bits per heavy atom. The smallest absolute Gasteiger partial charge is 0.309 e. The second-order valence-electron chi connectivity index (χ2n) is 8.55. The summed E-state index contributed by atoms with van der Waals surface area (Å²) < 4.78 is 18.6. The number of esters is 1. The van der Waals surface area contributed by atoms with Gasteiger partial charge in [0.1, 0.15) is 12.2 Å². The summed E-state index contributed by atoms with van der Waals surface area (Å²) in [7, 11) is 0. The number of ether oxygens (including phenoxy) is 1. The van der Waals surface area contributed by atoms with Crippen LogP contribution in [0.3, 0.4) is 0 Å². The molecule has 0 aromatic carbocycles. The van der Waals surface area contributed by atoms with Crippen molar-refractivity contribution in [2.45, 2.75) is 96.5 Å². The molecule has 0 saturated heterocycles. The molecule has 28 heavy (non-hydrogen) atoms. The molecule has 3 nitrogen and oxygen atoms in total. The van der Waals surface area contributed by atoms with Gasteiger partial charge in [-0.2, -0.15) is 9.65 Å². The van der Waals surface area contributed by atoms with Crippen LogP contribution in [0.5, 0.6) is 0 Å². The van der Waals surface area contributed by atoms with E-state index in [0.717, 1.165) is 44.4 Å². The highest BCUT2D eigenvalue weighted by atomic mass is 19.1. The first-order chi connectivity index (χ1) is 13.6. The van der Waals surface area contributed by atoms with Crippen LogP contribution in [0.4, 0.5) is 4.39 Å². The first kappa shape index (κ1) is 22.7. The number of hydrogen-bond acceptors (Lipinski definition) is 3. The van der Waals surface area contributed by atoms with E-state index in [1.165, 1.54) is 57.1 Å². The number of nitrogens with zero attached hydrogens (tertiary/aromatic N) is 1. The lowest BCUT2D eigenvalue weighted by atomic mass is 9.79. The van der Waals surface area contributed by atoms with Crippen LogP contribution in [0.25, 0.3) is 0 Å². The van der Waals surface area contributed by atoms with Crippen LogP contribution in [0.15, 0.2) is 24.1 Å². The summed E-state index contributed by atoms with van der Waals surface area (Å²) in [5.41, 5.74) is 0. The van der Waals surface area contributed by atoms with Crippen molar-refractivity contribution in [3.05, 3.63) is 24.1 Å². The Morgan fingerprint density at radius 2 is 1.79 bits per heavy atom. The average molecular weight is 390 g/mol. The molecule has 0 bridgehead atoms. The fourth-order valence-corrected chi connectivity index (χ4v) is 4.54. The molecule has 0 aromatic heterocycles. The molecule has 0 radical (unpaired) electrons. The van der Waals surface area contributed by atoms with Crippen molar-refractivity contribution in [1.29, 1.82) is 5.26 Å². The van der Waals surface area contributed by atoms with Crippen LogP contribution in [-0.4, -0.2) is 12.1 Å². The number of allylic oxidation sites excluding steroid dienone is 4. The zero-order chi connectivity index (χ0) is 20.2. The predicted octanol–water partition coefficient (Wildman–Crippen LogP) is 6.80. The molecule has 4 heteroatoms. The van der Waals surface area contributed by atoms with Crippen molar-refractivity contribution < 1.29 is 13.9 Å². The van der Waals surface area contributed by atoms with Gasteiger partial charge in [0.05, 0.1) is 5.92 Å². The molecule has 2 aliphatic carbocycles. The molecule has 0 heterocycles. The van der Waals surface area contributed by atoms with Crippen LogP contribution >= 0.6 is 0 Å². The topological polar surface area (TPSA) is 50.1 Å². The minimum atomic E-state index is -0.769. The average Bonchev–Trinajstić information content (AvgIpc) is 2.72. The fraction of sp³-hybridized carbons (Fsp3) is 0.750. The largest absolute Gasteiger partial charge is 0.462 e. The minimum absolute atomic E-state index is 0.0162. The molecule has 0 amide bonds. The third kappa shape index (κ3) is 8.17. The van der Waals surface area contributed by atoms with Gasteiger partial charge < -0.3 is 4.74 Å². The standard InChI is InChI=1S/C24H36FNO2/c1-2-3-4-5-7-19-10-14-21(15-11-19)24(27)28-23-16-12-20(13-17-23)8-6-9-22(25)18-26/h6,8-9,19-21,23H,2-5,7,10-17H2,1H3. The monoisotopic (exact) mass is 389 g/mol. The molecule has 0 unspecified atom stereocenters. The zero-order valence-corrected chi connectivity index (χ0v) is 17.4. The third-order valence-corrected chi connectivity index (χ3v) is 6.38. The minimum Gasteiger partial charge on any atom is -0.462 e. The molecule has 2 fully saturated rings. The Balaban J connectivity index is 1.62. The van der Waals surface area contributed by atoms with Crippen molar-refractivity contribution >= 4 is 5.97 Å². The fourth-order valence-electron chi connectivity index (χ4n) is 4.54. The molecule has 0 atom stereocenters. The van der Waals surface area contributed by atoms with Crippen molar-refractivity contribution in [2.24, 2.45) is 17.8 Å². The lowest BCUT2D eigenvalue weighted by molar-refractivity contribution is -0.157. The van der Waals surface area contributed by atoms with Gasteiger partial charge >= 0.3 is 5.97 Å². The Bertz CT molecular complexity index is 562. The highest BCUT2D eigenvalue weighted by molar-refractivity contribution is 5.72. The van der Waals surface area contributed by atoms with Crippen molar-refractivity contribution in [3.63, 3.8) is 0 Å². The summed E-state index contributed by atoms with van der Waals surface area (Å²) in [4.78, 5) is 12.5. The number of rotatable bonds is 9. The van der Waals surface area contributed by atoms with Gasteiger partial charge in [-0.1, -0.05) is 51.2 Å². The van der Waals surface area contributed by atoms with Gasteiger partial charge in [-0.15, -0.1) is 0 Å². The molecule has 0 aromatic rings. The van der Waals surface area contributed by atoms with E-state index < -0.39 is 5.83 Å². The summed E-state index contributed by atoms with van der Waals surface area (Å²) in [6, 6.07) is 1.47. The number of halogens is 1. The quantitative estimate of drug-likeness (QED) is 0.189. The lowest BCUT2D eigenvalue weighted by Crippen LogP contribution is -2.29. The highest BCUT2D eigenvalue weighted by Gasteiger charge is 2.30. The van der Waals surface area contributed by atoms with E-state index in [2.05, 4.69) is 6.92 Å². The normalized spacial score (nSPS) is 28.8. The first-order valence-electron chi connectivity index (χ1n) is 11.3. The number of carbonyl (C=O) groups is 1. The summed E-state index contributed by atoms with van der Waals surface area (Å²) in [5.74, 6) is 0.532. The Morgan fingerprint density at radius 1 is 1.07 bits per heavy atom. The van der Waals surface area contributed by atoms with E-state index >= 15 is 0 Å². The van der Waals surface area contributed by atoms with Crippen LogP contribution < -0.4 is 0 Å². The number of carbonyl (C=O) groups excluding carboxylic acids is 1. The highest BCUT2D eigenvalue weighted by Crippen LogP contribution is 2.34. The van der Waals surface area contributed by atoms with Gasteiger partial charge in [0.2, 0.25) is 0 Å². The van der Waals surface area contributed by atoms with Crippen molar-refractivity contribution in [2.75, 3.05) is 0 Å². The Kier molecular flexibility index (Phi) is 10.3. The van der Waals surface area contributed by atoms with Crippen molar-refractivity contribution in [1.82, 2.24) is 0 Å². The van der Waals surface area contributed by atoms with Crippen LogP contribution in [-0.2, 0) is 9.53 Å². The van der Waals surface area contributed by atoms with E-state index in [1.54, 1.807) is 6.08 Å². The molecule has 0 N–H and O–H groups in total. The van der Waals surface area contributed by atoms with E-state index in [9.17, 15) is 9.18 Å². The Hall–Kier alpha value is -1.63. The lowest BCUT2D eigenvalue weighted by Gasteiger charge is -2.31. The second kappa shape index (κ2) is 12.8. The third-order valence-electron chi connectivity index (χ3n) is 6.38. The summed E-state index contributed by atoms with van der Waals surface area (Å²) >= 11 is 0. The van der Waals surface area contributed by atoms with Gasteiger partial charge in [0.15, 0.2) is 5.83 Å². The van der Waals surface area contributed by atoms with Gasteiger partial charge in [0, 0.05) is 0 Å². The molecule has 0 aliphatic heterocycles. The van der Waals surface area contributed by atoms with E-state index in [0.29, 0.717) is 5.92 Å². The molecule has 2 saturated carbocycles. The van der Waals surface area contributed by atoms with E-state index in [4.69, 9.17) is 10.00 Å². The van der Waals surface area contributed by atoms with Crippen LogP contribution in [0.1, 0.15) is 90.4 Å². The van der Waals surface area contributed by atoms with Crippen LogP contribution in [0.2, 0.25) is 0 Å². The van der Waals surface area contributed by atoms with E-state index in [1.807, 2.05) is 6.08 Å². The summed E-state index contributed by atoms with van der Waals surface area (Å²) in [6.45, 7) is 2.25. The molecular formula is C24H36FNO2.